The van der Waals surface area contributed by atoms with E-state index in [9.17, 15) is 0 Å². The Bertz CT molecular complexity index is 418. The fourth-order valence-corrected chi connectivity index (χ4v) is 2.66. The average Bonchev–Trinajstić information content (AvgIpc) is 2.42. The summed E-state index contributed by atoms with van der Waals surface area (Å²) in [6.07, 6.45) is 1.10. The third kappa shape index (κ3) is 6.43. The second-order valence-electron chi connectivity index (χ2n) is 6.04. The lowest BCUT2D eigenvalue weighted by Crippen LogP contribution is -2.40. The van der Waals surface area contributed by atoms with Crippen LogP contribution in [0.2, 0.25) is 10.0 Å². The van der Waals surface area contributed by atoms with Crippen molar-refractivity contribution in [3.63, 3.8) is 0 Å². The van der Waals surface area contributed by atoms with Crippen LogP contribution in [0, 0.1) is 5.41 Å². The summed E-state index contributed by atoms with van der Waals surface area (Å²) >= 11 is 12.2. The molecule has 21 heavy (non-hydrogen) atoms. The van der Waals surface area contributed by atoms with Crippen molar-refractivity contribution in [2.45, 2.75) is 27.2 Å². The fourth-order valence-electron chi connectivity index (χ4n) is 2.15. The van der Waals surface area contributed by atoms with E-state index in [-0.39, 0.29) is 5.41 Å². The highest BCUT2D eigenvalue weighted by atomic mass is 35.5. The van der Waals surface area contributed by atoms with Crippen LogP contribution >= 0.6 is 23.2 Å². The number of para-hydroxylation sites is 1. The van der Waals surface area contributed by atoms with Gasteiger partial charge in [-0.05, 0) is 37.1 Å². The normalized spacial score (nSPS) is 12.0. The number of benzene rings is 1. The molecule has 0 saturated heterocycles. The molecule has 0 radical (unpaired) electrons. The molecule has 3 nitrogen and oxygen atoms in total. The molecule has 0 atom stereocenters. The van der Waals surface area contributed by atoms with Gasteiger partial charge in [0.2, 0.25) is 0 Å². The lowest BCUT2D eigenvalue weighted by Gasteiger charge is -2.31. The highest BCUT2D eigenvalue weighted by Gasteiger charge is 2.19. The number of hydrogen-bond donors (Lipinski definition) is 1. The molecule has 0 fully saturated rings. The zero-order valence-electron chi connectivity index (χ0n) is 13.2. The van der Waals surface area contributed by atoms with Gasteiger partial charge in [0.05, 0.1) is 10.0 Å². The van der Waals surface area contributed by atoms with Crippen LogP contribution in [0.25, 0.3) is 0 Å². The average molecular weight is 333 g/mol. The Hall–Kier alpha value is -0.480. The first-order valence-electron chi connectivity index (χ1n) is 7.39. The van der Waals surface area contributed by atoms with Crippen LogP contribution in [-0.4, -0.2) is 37.7 Å². The van der Waals surface area contributed by atoms with Gasteiger partial charge in [0.15, 0.2) is 5.75 Å². The maximum Gasteiger partial charge on any atom is 0.156 e. The van der Waals surface area contributed by atoms with Gasteiger partial charge in [0.1, 0.15) is 6.61 Å². The summed E-state index contributed by atoms with van der Waals surface area (Å²) in [5, 5.41) is 1.10. The third-order valence-electron chi connectivity index (χ3n) is 3.32. The smallest absolute Gasteiger partial charge is 0.156 e. The molecule has 0 aliphatic rings. The van der Waals surface area contributed by atoms with E-state index in [1.54, 1.807) is 12.1 Å². The summed E-state index contributed by atoms with van der Waals surface area (Å²) in [6.45, 7) is 10.6. The molecule has 5 heteroatoms. The maximum atomic E-state index is 6.10. The fraction of sp³-hybridized carbons (Fsp3) is 0.625. The Morgan fingerprint density at radius 2 is 1.81 bits per heavy atom. The van der Waals surface area contributed by atoms with Crippen molar-refractivity contribution in [2.24, 2.45) is 11.1 Å². The number of rotatable bonds is 9. The zero-order chi connectivity index (χ0) is 15.9. The predicted octanol–water partition coefficient (Wildman–Crippen LogP) is 4.07. The lowest BCUT2D eigenvalue weighted by molar-refractivity contribution is 0.154. The zero-order valence-corrected chi connectivity index (χ0v) is 14.7. The topological polar surface area (TPSA) is 38.5 Å². The standard InChI is InChI=1S/C16H26Cl2N2O/c1-4-8-20(12-16(2,3)11-19)9-10-21-15-13(17)6-5-7-14(15)18/h5-7H,4,8-12,19H2,1-3H3. The van der Waals surface area contributed by atoms with Crippen LogP contribution in [0.3, 0.4) is 0 Å². The second kappa shape index (κ2) is 8.84. The van der Waals surface area contributed by atoms with E-state index in [4.69, 9.17) is 33.7 Å². The van der Waals surface area contributed by atoms with Crippen LogP contribution in [0.15, 0.2) is 18.2 Å². The molecular formula is C16H26Cl2N2O. The molecule has 0 unspecified atom stereocenters. The Labute approximate surface area is 138 Å². The van der Waals surface area contributed by atoms with Gasteiger partial charge in [0, 0.05) is 13.1 Å². The first-order valence-corrected chi connectivity index (χ1v) is 8.14. The summed E-state index contributed by atoms with van der Waals surface area (Å²) < 4.78 is 5.76. The number of nitrogens with zero attached hydrogens (tertiary/aromatic N) is 1. The van der Waals surface area contributed by atoms with Crippen LogP contribution in [-0.2, 0) is 0 Å². The highest BCUT2D eigenvalue weighted by Crippen LogP contribution is 2.32. The van der Waals surface area contributed by atoms with Gasteiger partial charge >= 0.3 is 0 Å². The van der Waals surface area contributed by atoms with Crippen molar-refractivity contribution >= 4 is 23.2 Å². The maximum absolute atomic E-state index is 6.10. The van der Waals surface area contributed by atoms with Gasteiger partial charge in [-0.15, -0.1) is 0 Å². The minimum Gasteiger partial charge on any atom is -0.489 e. The van der Waals surface area contributed by atoms with Crippen molar-refractivity contribution in [3.05, 3.63) is 28.2 Å². The predicted molar refractivity (Wildman–Crippen MR) is 91.5 cm³/mol. The molecule has 2 N–H and O–H groups in total. The number of ether oxygens (including phenoxy) is 1. The molecule has 0 aliphatic heterocycles. The molecule has 0 amide bonds. The monoisotopic (exact) mass is 332 g/mol. The minimum atomic E-state index is 0.108. The van der Waals surface area contributed by atoms with Crippen LogP contribution in [0.5, 0.6) is 5.75 Å². The molecule has 1 rings (SSSR count). The van der Waals surface area contributed by atoms with Crippen molar-refractivity contribution in [1.29, 1.82) is 0 Å². The van der Waals surface area contributed by atoms with Gasteiger partial charge in [0.25, 0.3) is 0 Å². The Balaban J connectivity index is 2.54. The lowest BCUT2D eigenvalue weighted by atomic mass is 9.93. The molecule has 1 aromatic carbocycles. The van der Waals surface area contributed by atoms with Crippen molar-refractivity contribution in [1.82, 2.24) is 4.90 Å². The molecular weight excluding hydrogens is 307 g/mol. The molecule has 0 spiro atoms. The van der Waals surface area contributed by atoms with Crippen LogP contribution in [0.1, 0.15) is 27.2 Å². The summed E-state index contributed by atoms with van der Waals surface area (Å²) in [5.41, 5.74) is 5.93. The van der Waals surface area contributed by atoms with E-state index in [0.717, 1.165) is 26.1 Å². The van der Waals surface area contributed by atoms with Crippen LogP contribution in [0.4, 0.5) is 0 Å². The number of hydrogen-bond acceptors (Lipinski definition) is 3. The van der Waals surface area contributed by atoms with Crippen molar-refractivity contribution < 1.29 is 4.74 Å². The van der Waals surface area contributed by atoms with Crippen molar-refractivity contribution in [3.8, 4) is 5.75 Å². The highest BCUT2D eigenvalue weighted by molar-refractivity contribution is 6.37. The summed E-state index contributed by atoms with van der Waals surface area (Å²) in [7, 11) is 0. The van der Waals surface area contributed by atoms with Crippen LogP contribution < -0.4 is 10.5 Å². The number of halogens is 2. The van der Waals surface area contributed by atoms with E-state index in [1.165, 1.54) is 0 Å². The molecule has 120 valence electrons. The SMILES string of the molecule is CCCN(CCOc1c(Cl)cccc1Cl)CC(C)(C)CN. The van der Waals surface area contributed by atoms with Gasteiger partial charge in [-0.25, -0.2) is 0 Å². The Morgan fingerprint density at radius 1 is 1.19 bits per heavy atom. The van der Waals surface area contributed by atoms with E-state index in [1.807, 2.05) is 6.07 Å². The van der Waals surface area contributed by atoms with E-state index >= 15 is 0 Å². The first kappa shape index (κ1) is 18.6. The van der Waals surface area contributed by atoms with Gasteiger partial charge in [-0.3, -0.25) is 4.90 Å². The van der Waals surface area contributed by atoms with E-state index in [2.05, 4.69) is 25.7 Å². The molecule has 0 saturated carbocycles. The quantitative estimate of drug-likeness (QED) is 0.740. The first-order chi connectivity index (χ1) is 9.89. The van der Waals surface area contributed by atoms with Crippen molar-refractivity contribution in [2.75, 3.05) is 32.8 Å². The second-order valence-corrected chi connectivity index (χ2v) is 6.86. The molecule has 0 heterocycles. The summed E-state index contributed by atoms with van der Waals surface area (Å²) in [6, 6.07) is 5.37. The van der Waals surface area contributed by atoms with E-state index in [0.29, 0.717) is 28.9 Å². The molecule has 0 bridgehead atoms. The largest absolute Gasteiger partial charge is 0.489 e. The molecule has 0 aliphatic carbocycles. The Morgan fingerprint density at radius 3 is 2.33 bits per heavy atom. The third-order valence-corrected chi connectivity index (χ3v) is 3.91. The number of nitrogens with two attached hydrogens (primary N) is 1. The van der Waals surface area contributed by atoms with Gasteiger partial charge < -0.3 is 10.5 Å². The summed E-state index contributed by atoms with van der Waals surface area (Å²) in [5.74, 6) is 0.565. The van der Waals surface area contributed by atoms with Gasteiger partial charge in [-0.1, -0.05) is 50.0 Å². The van der Waals surface area contributed by atoms with E-state index < -0.39 is 0 Å². The molecule has 1 aromatic rings. The Kier molecular flexibility index (Phi) is 7.82. The van der Waals surface area contributed by atoms with Gasteiger partial charge in [-0.2, -0.15) is 0 Å². The minimum absolute atomic E-state index is 0.108. The molecule has 0 aromatic heterocycles. The summed E-state index contributed by atoms with van der Waals surface area (Å²) in [4.78, 5) is 2.37.